The Hall–Kier alpha value is -2.08. The fourth-order valence-electron chi connectivity index (χ4n) is 4.09. The first-order chi connectivity index (χ1) is 11.2. The van der Waals surface area contributed by atoms with Crippen molar-refractivity contribution in [3.05, 3.63) is 82.5 Å². The van der Waals surface area contributed by atoms with Gasteiger partial charge in [0.25, 0.3) is 0 Å². The molecule has 0 aliphatic heterocycles. The molecule has 0 fully saturated rings. The zero-order chi connectivity index (χ0) is 15.8. The number of hydrogen-bond donors (Lipinski definition) is 0. The van der Waals surface area contributed by atoms with Gasteiger partial charge in [-0.3, -0.25) is 0 Å². The molecule has 2 aliphatic rings. The van der Waals surface area contributed by atoms with Crippen LogP contribution in [0.4, 0.5) is 0 Å². The third-order valence-electron chi connectivity index (χ3n) is 5.41. The van der Waals surface area contributed by atoms with Gasteiger partial charge in [0.1, 0.15) is 0 Å². The Balaban J connectivity index is 1.81. The van der Waals surface area contributed by atoms with E-state index in [1.165, 1.54) is 46.2 Å². The molecule has 0 saturated heterocycles. The van der Waals surface area contributed by atoms with Crippen LogP contribution in [-0.2, 0) is 19.3 Å². The Morgan fingerprint density at radius 1 is 0.913 bits per heavy atom. The number of hydrogen-bond acceptors (Lipinski definition) is 0. The molecule has 2 aliphatic carbocycles. The Labute approximate surface area is 139 Å². The molecule has 116 valence electrons. The zero-order valence-electron chi connectivity index (χ0n) is 14.1. The van der Waals surface area contributed by atoms with Crippen LogP contribution in [0.25, 0.3) is 11.1 Å². The minimum Gasteiger partial charge on any atom is -0.0693 e. The van der Waals surface area contributed by atoms with Crippen molar-refractivity contribution in [2.45, 2.75) is 39.5 Å². The number of aryl methyl sites for hydroxylation is 1. The second kappa shape index (κ2) is 5.85. The van der Waals surface area contributed by atoms with E-state index >= 15 is 0 Å². The van der Waals surface area contributed by atoms with Crippen LogP contribution in [0.1, 0.15) is 37.0 Å². The molecule has 0 aromatic heterocycles. The summed E-state index contributed by atoms with van der Waals surface area (Å²) < 4.78 is 0. The molecule has 0 radical (unpaired) electrons. The first kappa shape index (κ1) is 14.5. The first-order valence-electron chi connectivity index (χ1n) is 8.81. The van der Waals surface area contributed by atoms with E-state index in [0.29, 0.717) is 5.92 Å². The molecule has 0 bridgehead atoms. The normalized spacial score (nSPS) is 19.5. The smallest absolute Gasteiger partial charge is 0.0102 e. The summed E-state index contributed by atoms with van der Waals surface area (Å²) in [5.41, 5.74) is 10.5. The Morgan fingerprint density at radius 3 is 2.48 bits per heavy atom. The van der Waals surface area contributed by atoms with Crippen LogP contribution in [0.3, 0.4) is 0 Å². The van der Waals surface area contributed by atoms with Crippen LogP contribution in [-0.4, -0.2) is 0 Å². The lowest BCUT2D eigenvalue weighted by Gasteiger charge is -2.18. The molecule has 2 aromatic carbocycles. The van der Waals surface area contributed by atoms with Crippen molar-refractivity contribution in [2.24, 2.45) is 5.92 Å². The fraction of sp³-hybridized carbons (Fsp3) is 0.304. The predicted octanol–water partition coefficient (Wildman–Crippen LogP) is 5.91. The van der Waals surface area contributed by atoms with E-state index in [9.17, 15) is 0 Å². The highest BCUT2D eigenvalue weighted by atomic mass is 14.3. The number of fused-ring (bicyclic) bond motifs is 3. The highest BCUT2D eigenvalue weighted by Crippen LogP contribution is 2.39. The molecule has 0 N–H and O–H groups in total. The van der Waals surface area contributed by atoms with Crippen molar-refractivity contribution in [1.29, 1.82) is 0 Å². The van der Waals surface area contributed by atoms with Crippen LogP contribution in [0.15, 0.2) is 65.8 Å². The van der Waals surface area contributed by atoms with E-state index in [0.717, 1.165) is 12.8 Å². The van der Waals surface area contributed by atoms with Gasteiger partial charge in [0, 0.05) is 0 Å². The van der Waals surface area contributed by atoms with Gasteiger partial charge in [0.05, 0.1) is 0 Å². The lowest BCUT2D eigenvalue weighted by molar-refractivity contribution is 0.601. The van der Waals surface area contributed by atoms with Gasteiger partial charge in [-0.25, -0.2) is 0 Å². The summed E-state index contributed by atoms with van der Waals surface area (Å²) in [4.78, 5) is 0. The number of allylic oxidation sites excluding steroid dienone is 4. The first-order valence-corrected chi connectivity index (χ1v) is 8.81. The molecule has 4 rings (SSSR count). The summed E-state index contributed by atoms with van der Waals surface area (Å²) in [6, 6.07) is 16.1. The van der Waals surface area contributed by atoms with Crippen molar-refractivity contribution >= 4 is 0 Å². The van der Waals surface area contributed by atoms with Gasteiger partial charge in [0.15, 0.2) is 0 Å². The Morgan fingerprint density at radius 2 is 1.70 bits per heavy atom. The molecule has 2 aromatic rings. The van der Waals surface area contributed by atoms with Gasteiger partial charge >= 0.3 is 0 Å². The van der Waals surface area contributed by atoms with Gasteiger partial charge in [0.2, 0.25) is 0 Å². The molecule has 1 atom stereocenters. The number of rotatable bonds is 2. The molecule has 23 heavy (non-hydrogen) atoms. The summed E-state index contributed by atoms with van der Waals surface area (Å²) in [5.74, 6) is 0.637. The van der Waals surface area contributed by atoms with Crippen LogP contribution < -0.4 is 0 Å². The summed E-state index contributed by atoms with van der Waals surface area (Å²) >= 11 is 0. The van der Waals surface area contributed by atoms with Gasteiger partial charge < -0.3 is 0 Å². The topological polar surface area (TPSA) is 0 Å². The van der Waals surface area contributed by atoms with E-state index in [1.54, 1.807) is 5.57 Å². The van der Waals surface area contributed by atoms with Crippen LogP contribution in [0.2, 0.25) is 0 Å². The van der Waals surface area contributed by atoms with Crippen molar-refractivity contribution in [3.8, 4) is 11.1 Å². The van der Waals surface area contributed by atoms with E-state index in [-0.39, 0.29) is 0 Å². The fourth-order valence-corrected chi connectivity index (χ4v) is 4.09. The third-order valence-corrected chi connectivity index (χ3v) is 5.41. The molecule has 1 unspecified atom stereocenters. The van der Waals surface area contributed by atoms with E-state index in [2.05, 4.69) is 68.5 Å². The highest BCUT2D eigenvalue weighted by Gasteiger charge is 2.24. The maximum absolute atomic E-state index is 2.44. The van der Waals surface area contributed by atoms with E-state index in [4.69, 9.17) is 0 Å². The lowest BCUT2D eigenvalue weighted by atomic mass is 9.86. The second-order valence-electron chi connectivity index (χ2n) is 7.04. The van der Waals surface area contributed by atoms with Crippen LogP contribution in [0.5, 0.6) is 0 Å². The van der Waals surface area contributed by atoms with Gasteiger partial charge in [-0.05, 0) is 66.3 Å². The molecular formula is C23H24. The average molecular weight is 300 g/mol. The van der Waals surface area contributed by atoms with Gasteiger partial charge in [-0.2, -0.15) is 0 Å². The highest BCUT2D eigenvalue weighted by molar-refractivity contribution is 5.72. The quantitative estimate of drug-likeness (QED) is 0.647. The lowest BCUT2D eigenvalue weighted by Crippen LogP contribution is -2.10. The summed E-state index contributed by atoms with van der Waals surface area (Å²) in [6.07, 6.45) is 9.29. The van der Waals surface area contributed by atoms with Gasteiger partial charge in [-0.15, -0.1) is 0 Å². The average Bonchev–Trinajstić information content (AvgIpc) is 2.93. The van der Waals surface area contributed by atoms with Crippen molar-refractivity contribution in [3.63, 3.8) is 0 Å². The molecule has 0 heteroatoms. The molecule has 0 amide bonds. The van der Waals surface area contributed by atoms with Crippen LogP contribution in [0, 0.1) is 5.92 Å². The van der Waals surface area contributed by atoms with E-state index in [1.807, 2.05) is 0 Å². The molecule has 0 nitrogen and oxygen atoms in total. The molecule has 0 saturated carbocycles. The second-order valence-corrected chi connectivity index (χ2v) is 7.04. The summed E-state index contributed by atoms with van der Waals surface area (Å²) in [7, 11) is 0. The minimum absolute atomic E-state index is 0.637. The third kappa shape index (κ3) is 2.67. The minimum atomic E-state index is 0.637. The van der Waals surface area contributed by atoms with Crippen molar-refractivity contribution in [1.82, 2.24) is 0 Å². The molecule has 0 heterocycles. The predicted molar refractivity (Wildman–Crippen MR) is 98.6 cm³/mol. The maximum Gasteiger partial charge on any atom is -0.0102 e. The van der Waals surface area contributed by atoms with Gasteiger partial charge in [-0.1, -0.05) is 72.7 Å². The summed E-state index contributed by atoms with van der Waals surface area (Å²) in [5, 5.41) is 0. The zero-order valence-corrected chi connectivity index (χ0v) is 14.1. The monoisotopic (exact) mass is 300 g/mol. The van der Waals surface area contributed by atoms with E-state index < -0.39 is 0 Å². The van der Waals surface area contributed by atoms with Crippen molar-refractivity contribution < 1.29 is 0 Å². The SMILES string of the molecule is CCc1ccc2c(c1)CC(C1=CC=C(C)C1)Cc1ccccc1-2. The van der Waals surface area contributed by atoms with Crippen molar-refractivity contribution in [2.75, 3.05) is 0 Å². The largest absolute Gasteiger partial charge is 0.0693 e. The van der Waals surface area contributed by atoms with Crippen LogP contribution >= 0.6 is 0 Å². The molecular weight excluding hydrogens is 276 g/mol. The Bertz CT molecular complexity index is 805. The standard InChI is InChI=1S/C23H24/c1-3-17-9-11-23-21(13-17)15-20(18-10-8-16(2)12-18)14-19-6-4-5-7-22(19)23/h4-11,13,20H,3,12,14-15H2,1-2H3. The Kier molecular flexibility index (Phi) is 3.69. The number of benzene rings is 2. The maximum atomic E-state index is 2.44. The molecule has 0 spiro atoms. The summed E-state index contributed by atoms with van der Waals surface area (Å²) in [6.45, 7) is 4.49.